The Morgan fingerprint density at radius 2 is 1.46 bits per heavy atom. The smallest absolute Gasteiger partial charge is 0.208 e. The molecule has 0 amide bonds. The molecule has 0 aromatic heterocycles. The quantitative estimate of drug-likeness (QED) is 0.468. The van der Waals surface area contributed by atoms with Crippen LogP contribution >= 0.6 is 12.4 Å². The molecule has 0 unspecified atom stereocenters. The first kappa shape index (κ1) is 20.2. The zero-order valence-corrected chi connectivity index (χ0v) is 17.0. The summed E-state index contributed by atoms with van der Waals surface area (Å²) < 4.78 is 2.35. The maximum atomic E-state index is 2.35. The molecular formula is C25H28ClN2+. The zero-order valence-electron chi connectivity index (χ0n) is 16.2. The molecule has 0 saturated carbocycles. The van der Waals surface area contributed by atoms with Crippen LogP contribution in [0.5, 0.6) is 0 Å². The molecule has 2 nitrogen and oxygen atoms in total. The lowest BCUT2D eigenvalue weighted by Gasteiger charge is -2.27. The molecule has 2 heterocycles. The second-order valence-corrected chi connectivity index (χ2v) is 7.11. The standard InChI is InChI=1S/C25H27N2.ClH/c1(2-8-18-26-20-10-14-22-12-4-6-16-24(22)26)3-9-19-27-21-11-15-23-13-5-7-17-25(23)27;/h1-9,12-13,16-19H,10-11,14-15,20-21H2;1H/q+1;. The largest absolute Gasteiger partial charge is 0.348 e. The maximum Gasteiger partial charge on any atom is 0.208 e. The number of fused-ring (bicyclic) bond motifs is 2. The van der Waals surface area contributed by atoms with Crippen molar-refractivity contribution < 1.29 is 4.58 Å². The normalized spacial score (nSPS) is 17.9. The molecule has 2 aromatic carbocycles. The molecule has 0 fully saturated rings. The fourth-order valence-electron chi connectivity index (χ4n) is 3.93. The molecule has 0 aliphatic carbocycles. The maximum absolute atomic E-state index is 2.35. The summed E-state index contributed by atoms with van der Waals surface area (Å²) >= 11 is 0. The van der Waals surface area contributed by atoms with Crippen LogP contribution in [0.15, 0.2) is 85.1 Å². The van der Waals surface area contributed by atoms with Gasteiger partial charge in [0, 0.05) is 42.6 Å². The minimum Gasteiger partial charge on any atom is -0.348 e. The van der Waals surface area contributed by atoms with Gasteiger partial charge in [-0.15, -0.1) is 12.4 Å². The summed E-state index contributed by atoms with van der Waals surface area (Å²) in [7, 11) is 0. The molecule has 3 heteroatoms. The van der Waals surface area contributed by atoms with E-state index in [-0.39, 0.29) is 12.4 Å². The van der Waals surface area contributed by atoms with Crippen molar-refractivity contribution in [2.45, 2.75) is 25.7 Å². The second-order valence-electron chi connectivity index (χ2n) is 7.11. The van der Waals surface area contributed by atoms with E-state index in [0.29, 0.717) is 0 Å². The van der Waals surface area contributed by atoms with Crippen LogP contribution in [-0.4, -0.2) is 23.9 Å². The summed E-state index contributed by atoms with van der Waals surface area (Å²) in [6.45, 7) is 2.19. The van der Waals surface area contributed by atoms with Crippen molar-refractivity contribution in [3.8, 4) is 0 Å². The van der Waals surface area contributed by atoms with Gasteiger partial charge in [-0.1, -0.05) is 54.6 Å². The Labute approximate surface area is 174 Å². The number of hydrogen-bond acceptors (Lipinski definition) is 1. The molecule has 2 aromatic rings. The first-order chi connectivity index (χ1) is 13.4. The highest BCUT2D eigenvalue weighted by Crippen LogP contribution is 2.27. The lowest BCUT2D eigenvalue weighted by Crippen LogP contribution is -2.23. The van der Waals surface area contributed by atoms with E-state index in [2.05, 4.69) is 101 Å². The third-order valence-corrected chi connectivity index (χ3v) is 5.27. The fourth-order valence-corrected chi connectivity index (χ4v) is 3.93. The minimum atomic E-state index is 0. The van der Waals surface area contributed by atoms with E-state index < -0.39 is 0 Å². The van der Waals surface area contributed by atoms with Gasteiger partial charge < -0.3 is 4.90 Å². The van der Waals surface area contributed by atoms with Gasteiger partial charge in [0.2, 0.25) is 5.69 Å². The van der Waals surface area contributed by atoms with Gasteiger partial charge in [-0.25, -0.2) is 0 Å². The van der Waals surface area contributed by atoms with Crippen LogP contribution in [-0.2, 0) is 12.8 Å². The van der Waals surface area contributed by atoms with E-state index >= 15 is 0 Å². The van der Waals surface area contributed by atoms with Crippen LogP contribution in [0.2, 0.25) is 0 Å². The summed E-state index contributed by atoms with van der Waals surface area (Å²) in [5.41, 5.74) is 5.60. The molecule has 28 heavy (non-hydrogen) atoms. The fraction of sp³-hybridized carbons (Fsp3) is 0.240. The van der Waals surface area contributed by atoms with Crippen LogP contribution in [0.4, 0.5) is 11.4 Å². The Morgan fingerprint density at radius 1 is 0.750 bits per heavy atom. The Kier molecular flexibility index (Phi) is 7.27. The van der Waals surface area contributed by atoms with Crippen LogP contribution in [0.25, 0.3) is 0 Å². The summed E-state index contributed by atoms with van der Waals surface area (Å²) in [6.07, 6.45) is 19.7. The highest BCUT2D eigenvalue weighted by atomic mass is 35.5. The molecule has 0 saturated heterocycles. The van der Waals surface area contributed by atoms with E-state index in [4.69, 9.17) is 0 Å². The zero-order chi connectivity index (χ0) is 18.3. The molecule has 0 spiro atoms. The van der Waals surface area contributed by atoms with Crippen LogP contribution in [0.1, 0.15) is 24.0 Å². The minimum absolute atomic E-state index is 0. The number of allylic oxidation sites excluding steroid dienone is 5. The van der Waals surface area contributed by atoms with Crippen molar-refractivity contribution in [2.24, 2.45) is 0 Å². The number of halogens is 1. The number of anilines is 1. The highest BCUT2D eigenvalue weighted by Gasteiger charge is 2.18. The molecule has 0 bridgehead atoms. The van der Waals surface area contributed by atoms with Crippen LogP contribution in [0.3, 0.4) is 0 Å². The third-order valence-electron chi connectivity index (χ3n) is 5.27. The van der Waals surface area contributed by atoms with Crippen molar-refractivity contribution in [3.63, 3.8) is 0 Å². The SMILES string of the molecule is C(=CN1CCCc2ccccc21)/C=C/C=C/C=[N+]1CCCc2ccccc21.Cl. The molecule has 144 valence electrons. The van der Waals surface area contributed by atoms with E-state index in [1.165, 1.54) is 48.2 Å². The van der Waals surface area contributed by atoms with Crippen molar-refractivity contribution in [3.05, 3.63) is 96.2 Å². The molecule has 0 radical (unpaired) electrons. The Balaban J connectivity index is 0.00000225. The monoisotopic (exact) mass is 391 g/mol. The van der Waals surface area contributed by atoms with Gasteiger partial charge in [-0.3, -0.25) is 0 Å². The van der Waals surface area contributed by atoms with Crippen molar-refractivity contribution in [2.75, 3.05) is 18.0 Å². The van der Waals surface area contributed by atoms with Crippen molar-refractivity contribution >= 4 is 30.0 Å². The number of aryl methyl sites for hydroxylation is 2. The van der Waals surface area contributed by atoms with E-state index in [1.807, 2.05) is 0 Å². The number of benzene rings is 2. The van der Waals surface area contributed by atoms with Crippen molar-refractivity contribution in [1.29, 1.82) is 0 Å². The van der Waals surface area contributed by atoms with Crippen LogP contribution in [0, 0.1) is 0 Å². The van der Waals surface area contributed by atoms with E-state index in [1.54, 1.807) is 0 Å². The van der Waals surface area contributed by atoms with Crippen LogP contribution < -0.4 is 4.90 Å². The molecular weight excluding hydrogens is 364 g/mol. The average molecular weight is 392 g/mol. The van der Waals surface area contributed by atoms with Crippen molar-refractivity contribution in [1.82, 2.24) is 0 Å². The predicted molar refractivity (Wildman–Crippen MR) is 122 cm³/mol. The summed E-state index contributed by atoms with van der Waals surface area (Å²) in [6, 6.07) is 17.4. The number of para-hydroxylation sites is 2. The molecule has 0 atom stereocenters. The molecule has 2 aliphatic heterocycles. The highest BCUT2D eigenvalue weighted by molar-refractivity contribution is 5.85. The second kappa shape index (κ2) is 10.1. The summed E-state index contributed by atoms with van der Waals surface area (Å²) in [4.78, 5) is 2.35. The topological polar surface area (TPSA) is 6.25 Å². The summed E-state index contributed by atoms with van der Waals surface area (Å²) in [5, 5.41) is 0. The first-order valence-corrected chi connectivity index (χ1v) is 9.96. The molecule has 0 N–H and O–H groups in total. The van der Waals surface area contributed by atoms with E-state index in [9.17, 15) is 0 Å². The Morgan fingerprint density at radius 3 is 2.39 bits per heavy atom. The van der Waals surface area contributed by atoms with Gasteiger partial charge in [0.1, 0.15) is 6.54 Å². The Hall–Kier alpha value is -2.58. The van der Waals surface area contributed by atoms with Gasteiger partial charge in [0.05, 0.1) is 0 Å². The van der Waals surface area contributed by atoms with Gasteiger partial charge in [0.15, 0.2) is 6.21 Å². The average Bonchev–Trinajstić information content (AvgIpc) is 2.73. The lowest BCUT2D eigenvalue weighted by atomic mass is 10.0. The van der Waals surface area contributed by atoms with Gasteiger partial charge in [0.25, 0.3) is 0 Å². The predicted octanol–water partition coefficient (Wildman–Crippen LogP) is 5.85. The third kappa shape index (κ3) is 4.82. The Bertz CT molecular complexity index is 908. The van der Waals surface area contributed by atoms with E-state index in [0.717, 1.165) is 13.1 Å². The number of hydrogen-bond donors (Lipinski definition) is 0. The summed E-state index contributed by atoms with van der Waals surface area (Å²) in [5.74, 6) is 0. The van der Waals surface area contributed by atoms with Gasteiger partial charge >= 0.3 is 0 Å². The number of nitrogens with zero attached hydrogens (tertiary/aromatic N) is 2. The first-order valence-electron chi connectivity index (χ1n) is 9.96. The number of rotatable bonds is 4. The lowest BCUT2D eigenvalue weighted by molar-refractivity contribution is -0.440. The molecule has 4 rings (SSSR count). The molecule has 2 aliphatic rings. The van der Waals surface area contributed by atoms with Gasteiger partial charge in [-0.2, -0.15) is 4.58 Å². The van der Waals surface area contributed by atoms with Gasteiger partial charge in [-0.05, 0) is 37.0 Å².